The molecular formula is C14H16ClFN2S. The zero-order valence-electron chi connectivity index (χ0n) is 11.1. The van der Waals surface area contributed by atoms with E-state index in [2.05, 4.69) is 24.1 Å². The van der Waals surface area contributed by atoms with Gasteiger partial charge in [-0.15, -0.1) is 11.3 Å². The van der Waals surface area contributed by atoms with Gasteiger partial charge in [-0.25, -0.2) is 9.37 Å². The zero-order chi connectivity index (χ0) is 14.0. The fraction of sp³-hybridized carbons (Fsp3) is 0.357. The van der Waals surface area contributed by atoms with Crippen LogP contribution in [0.25, 0.3) is 10.6 Å². The Labute approximate surface area is 121 Å². The molecule has 0 saturated carbocycles. The first-order chi connectivity index (χ1) is 9.02. The molecule has 0 radical (unpaired) electrons. The maximum absolute atomic E-state index is 13.9. The van der Waals surface area contributed by atoms with Gasteiger partial charge in [-0.05, 0) is 31.2 Å². The van der Waals surface area contributed by atoms with Crippen molar-refractivity contribution < 1.29 is 4.39 Å². The Hall–Kier alpha value is -0.970. The quantitative estimate of drug-likeness (QED) is 0.902. The Morgan fingerprint density at radius 3 is 2.79 bits per heavy atom. The summed E-state index contributed by atoms with van der Waals surface area (Å²) < 4.78 is 13.9. The van der Waals surface area contributed by atoms with Gasteiger partial charge in [0, 0.05) is 22.0 Å². The van der Waals surface area contributed by atoms with Gasteiger partial charge in [-0.3, -0.25) is 0 Å². The van der Waals surface area contributed by atoms with E-state index in [0.717, 1.165) is 17.1 Å². The first kappa shape index (κ1) is 14.4. The molecule has 2 rings (SSSR count). The Kier molecular flexibility index (Phi) is 4.55. The van der Waals surface area contributed by atoms with Gasteiger partial charge in [0.1, 0.15) is 10.8 Å². The van der Waals surface area contributed by atoms with Crippen LogP contribution in [0.1, 0.15) is 30.3 Å². The summed E-state index contributed by atoms with van der Waals surface area (Å²) in [4.78, 5) is 5.73. The predicted molar refractivity (Wildman–Crippen MR) is 79.4 cm³/mol. The molecule has 1 aromatic heterocycles. The summed E-state index contributed by atoms with van der Waals surface area (Å²) in [6.07, 6.45) is 0. The molecule has 0 aliphatic rings. The average molecular weight is 299 g/mol. The number of nitrogens with zero attached hydrogens (tertiary/aromatic N) is 1. The molecule has 0 saturated heterocycles. The van der Waals surface area contributed by atoms with Crippen molar-refractivity contribution in [3.05, 3.63) is 39.6 Å². The van der Waals surface area contributed by atoms with Crippen molar-refractivity contribution in [1.82, 2.24) is 10.3 Å². The second-order valence-corrected chi connectivity index (χ2v) is 6.16. The molecule has 5 heteroatoms. The molecule has 1 aromatic carbocycles. The number of aromatic nitrogens is 1. The van der Waals surface area contributed by atoms with Crippen LogP contribution in [0.3, 0.4) is 0 Å². The molecule has 1 heterocycles. The molecule has 1 N–H and O–H groups in total. The van der Waals surface area contributed by atoms with E-state index in [-0.39, 0.29) is 5.82 Å². The summed E-state index contributed by atoms with van der Waals surface area (Å²) in [5.74, 6) is 0.0278. The maximum Gasteiger partial charge on any atom is 0.133 e. The smallest absolute Gasteiger partial charge is 0.133 e. The second-order valence-electron chi connectivity index (χ2n) is 4.64. The summed E-state index contributed by atoms with van der Waals surface area (Å²) in [5, 5.41) is 4.33. The SMILES string of the molecule is CNCc1sc(-c2cc(Cl)ccc2F)nc1C(C)C. The van der Waals surface area contributed by atoms with Crippen LogP contribution in [0.4, 0.5) is 4.39 Å². The van der Waals surface area contributed by atoms with Crippen LogP contribution < -0.4 is 5.32 Å². The first-order valence-electron chi connectivity index (χ1n) is 6.12. The van der Waals surface area contributed by atoms with Crippen LogP contribution in [0.2, 0.25) is 5.02 Å². The molecule has 19 heavy (non-hydrogen) atoms. The topological polar surface area (TPSA) is 24.9 Å². The predicted octanol–water partition coefficient (Wildman–Crippen LogP) is 4.45. The summed E-state index contributed by atoms with van der Waals surface area (Å²) in [7, 11) is 1.89. The molecule has 0 aliphatic heterocycles. The van der Waals surface area contributed by atoms with Crippen LogP contribution in [0.5, 0.6) is 0 Å². The lowest BCUT2D eigenvalue weighted by Crippen LogP contribution is -2.06. The normalized spacial score (nSPS) is 11.3. The van der Waals surface area contributed by atoms with Gasteiger partial charge in [-0.2, -0.15) is 0 Å². The van der Waals surface area contributed by atoms with Gasteiger partial charge in [0.05, 0.1) is 5.69 Å². The van der Waals surface area contributed by atoms with E-state index in [0.29, 0.717) is 21.5 Å². The fourth-order valence-electron chi connectivity index (χ4n) is 1.88. The highest BCUT2D eigenvalue weighted by molar-refractivity contribution is 7.15. The van der Waals surface area contributed by atoms with Crippen molar-refractivity contribution in [2.75, 3.05) is 7.05 Å². The number of thiazole rings is 1. The number of nitrogens with one attached hydrogen (secondary N) is 1. The lowest BCUT2D eigenvalue weighted by atomic mass is 10.1. The van der Waals surface area contributed by atoms with Crippen LogP contribution >= 0.6 is 22.9 Å². The largest absolute Gasteiger partial charge is 0.315 e. The van der Waals surface area contributed by atoms with Crippen molar-refractivity contribution in [3.63, 3.8) is 0 Å². The van der Waals surface area contributed by atoms with Gasteiger partial charge < -0.3 is 5.32 Å². The van der Waals surface area contributed by atoms with Gasteiger partial charge in [-0.1, -0.05) is 25.4 Å². The summed E-state index contributed by atoms with van der Waals surface area (Å²) in [6, 6.07) is 4.56. The second kappa shape index (κ2) is 5.99. The van der Waals surface area contributed by atoms with E-state index in [1.807, 2.05) is 7.05 Å². The number of hydrogen-bond donors (Lipinski definition) is 1. The molecule has 102 valence electrons. The highest BCUT2D eigenvalue weighted by Crippen LogP contribution is 2.34. The lowest BCUT2D eigenvalue weighted by molar-refractivity contribution is 0.631. The van der Waals surface area contributed by atoms with Crippen molar-refractivity contribution in [2.24, 2.45) is 0 Å². The molecule has 2 aromatic rings. The molecule has 0 aliphatic carbocycles. The molecule has 0 bridgehead atoms. The van der Waals surface area contributed by atoms with E-state index >= 15 is 0 Å². The molecule has 0 unspecified atom stereocenters. The minimum absolute atomic E-state index is 0.288. The number of rotatable bonds is 4. The van der Waals surface area contributed by atoms with Crippen molar-refractivity contribution in [2.45, 2.75) is 26.3 Å². The molecule has 2 nitrogen and oxygen atoms in total. The minimum Gasteiger partial charge on any atom is -0.315 e. The van der Waals surface area contributed by atoms with Gasteiger partial charge in [0.25, 0.3) is 0 Å². The number of halogens is 2. The van der Waals surface area contributed by atoms with Gasteiger partial charge in [0.15, 0.2) is 0 Å². The Balaban J connectivity index is 2.50. The standard InChI is InChI=1S/C14H16ClFN2S/c1-8(2)13-12(7-17-3)19-14(18-13)10-6-9(15)4-5-11(10)16/h4-6,8,17H,7H2,1-3H3. The van der Waals surface area contributed by atoms with Crippen molar-refractivity contribution in [3.8, 4) is 10.6 Å². The lowest BCUT2D eigenvalue weighted by Gasteiger charge is -2.03. The van der Waals surface area contributed by atoms with Gasteiger partial charge in [0.2, 0.25) is 0 Å². The first-order valence-corrected chi connectivity index (χ1v) is 7.32. The van der Waals surface area contributed by atoms with E-state index in [4.69, 9.17) is 11.6 Å². The Bertz CT molecular complexity index is 581. The average Bonchev–Trinajstić information content (AvgIpc) is 2.77. The third kappa shape index (κ3) is 3.14. The third-order valence-corrected chi connectivity index (χ3v) is 4.11. The van der Waals surface area contributed by atoms with Crippen LogP contribution in [0, 0.1) is 5.82 Å². The molecular weight excluding hydrogens is 283 g/mol. The van der Waals surface area contributed by atoms with Gasteiger partial charge >= 0.3 is 0 Å². The minimum atomic E-state index is -0.288. The molecule has 0 amide bonds. The van der Waals surface area contributed by atoms with Crippen LogP contribution in [0.15, 0.2) is 18.2 Å². The van der Waals surface area contributed by atoms with E-state index in [1.165, 1.54) is 17.4 Å². The molecule has 0 spiro atoms. The molecule has 0 fully saturated rings. The van der Waals surface area contributed by atoms with Crippen LogP contribution in [-0.4, -0.2) is 12.0 Å². The van der Waals surface area contributed by atoms with E-state index in [9.17, 15) is 4.39 Å². The van der Waals surface area contributed by atoms with Crippen molar-refractivity contribution in [1.29, 1.82) is 0 Å². The summed E-state index contributed by atoms with van der Waals surface area (Å²) in [5.41, 5.74) is 1.50. The van der Waals surface area contributed by atoms with Crippen LogP contribution in [-0.2, 0) is 6.54 Å². The molecule has 0 atom stereocenters. The number of benzene rings is 1. The highest BCUT2D eigenvalue weighted by Gasteiger charge is 2.17. The zero-order valence-corrected chi connectivity index (χ0v) is 12.7. The van der Waals surface area contributed by atoms with E-state index < -0.39 is 0 Å². The monoisotopic (exact) mass is 298 g/mol. The number of hydrogen-bond acceptors (Lipinski definition) is 3. The third-order valence-electron chi connectivity index (χ3n) is 2.77. The van der Waals surface area contributed by atoms with Crippen molar-refractivity contribution >= 4 is 22.9 Å². The summed E-state index contributed by atoms with van der Waals surface area (Å²) >= 11 is 7.45. The Morgan fingerprint density at radius 2 is 2.16 bits per heavy atom. The Morgan fingerprint density at radius 1 is 1.42 bits per heavy atom. The fourth-order valence-corrected chi connectivity index (χ4v) is 3.30. The highest BCUT2D eigenvalue weighted by atomic mass is 35.5. The maximum atomic E-state index is 13.9. The van der Waals surface area contributed by atoms with E-state index in [1.54, 1.807) is 12.1 Å². The summed E-state index contributed by atoms with van der Waals surface area (Å²) in [6.45, 7) is 4.92.